The smallest absolute Gasteiger partial charge is 0.317 e. The molecule has 1 aromatic heterocycles. The third-order valence-electron chi connectivity index (χ3n) is 3.19. The lowest BCUT2D eigenvalue weighted by atomic mass is 10.3. The summed E-state index contributed by atoms with van der Waals surface area (Å²) in [5.41, 5.74) is 1.07. The van der Waals surface area contributed by atoms with Crippen molar-refractivity contribution in [2.24, 2.45) is 7.05 Å². The zero-order valence-corrected chi connectivity index (χ0v) is 10.7. The Labute approximate surface area is 107 Å². The predicted octanol–water partition coefficient (Wildman–Crippen LogP) is 0.0124. The lowest BCUT2D eigenvalue weighted by Crippen LogP contribution is -2.34. The van der Waals surface area contributed by atoms with Crippen molar-refractivity contribution in [3.63, 3.8) is 0 Å². The van der Waals surface area contributed by atoms with Gasteiger partial charge in [-0.15, -0.1) is 0 Å². The maximum Gasteiger partial charge on any atom is 0.317 e. The summed E-state index contributed by atoms with van der Waals surface area (Å²) >= 11 is 0. The number of aryl methyl sites for hydroxylation is 1. The van der Waals surface area contributed by atoms with Gasteiger partial charge in [0, 0.05) is 39.4 Å². The normalized spacial score (nSPS) is 18.7. The number of nitrogens with zero attached hydrogens (tertiary/aromatic N) is 4. The Morgan fingerprint density at radius 3 is 2.72 bits per heavy atom. The molecule has 0 spiro atoms. The first-order chi connectivity index (χ1) is 8.63. The fourth-order valence-electron chi connectivity index (χ4n) is 2.31. The lowest BCUT2D eigenvalue weighted by molar-refractivity contribution is -0.138. The van der Waals surface area contributed by atoms with Crippen molar-refractivity contribution in [2.75, 3.05) is 32.7 Å². The van der Waals surface area contributed by atoms with Crippen LogP contribution < -0.4 is 0 Å². The van der Waals surface area contributed by atoms with Crippen LogP contribution in [0.5, 0.6) is 0 Å². The second-order valence-electron chi connectivity index (χ2n) is 4.78. The molecule has 6 nitrogen and oxygen atoms in total. The van der Waals surface area contributed by atoms with Gasteiger partial charge < -0.3 is 5.11 Å². The van der Waals surface area contributed by atoms with Gasteiger partial charge in [0.2, 0.25) is 0 Å². The summed E-state index contributed by atoms with van der Waals surface area (Å²) in [5, 5.41) is 13.2. The quantitative estimate of drug-likeness (QED) is 0.818. The molecule has 100 valence electrons. The van der Waals surface area contributed by atoms with Crippen molar-refractivity contribution in [3.05, 3.63) is 18.0 Å². The van der Waals surface area contributed by atoms with Crippen LogP contribution in [0.25, 0.3) is 0 Å². The van der Waals surface area contributed by atoms with E-state index in [-0.39, 0.29) is 6.54 Å². The second kappa shape index (κ2) is 5.97. The predicted molar refractivity (Wildman–Crippen MR) is 67.2 cm³/mol. The topological polar surface area (TPSA) is 61.6 Å². The van der Waals surface area contributed by atoms with Gasteiger partial charge in [0.15, 0.2) is 0 Å². The van der Waals surface area contributed by atoms with Crippen LogP contribution in [0, 0.1) is 0 Å². The molecule has 0 atom stereocenters. The average Bonchev–Trinajstić information content (AvgIpc) is 2.57. The summed E-state index contributed by atoms with van der Waals surface area (Å²) in [6.45, 7) is 4.60. The maximum absolute atomic E-state index is 10.7. The van der Waals surface area contributed by atoms with Crippen LogP contribution in [0.3, 0.4) is 0 Å². The molecule has 1 aromatic rings. The summed E-state index contributed by atoms with van der Waals surface area (Å²) in [6, 6.07) is 2.03. The van der Waals surface area contributed by atoms with Gasteiger partial charge in [-0.05, 0) is 19.0 Å². The number of hydrogen-bond acceptors (Lipinski definition) is 4. The van der Waals surface area contributed by atoms with E-state index in [9.17, 15) is 4.79 Å². The molecule has 6 heteroatoms. The summed E-state index contributed by atoms with van der Waals surface area (Å²) in [7, 11) is 1.92. The van der Waals surface area contributed by atoms with Crippen molar-refractivity contribution in [3.8, 4) is 0 Å². The molecule has 1 aliphatic heterocycles. The zero-order chi connectivity index (χ0) is 13.0. The molecule has 1 fully saturated rings. The van der Waals surface area contributed by atoms with Gasteiger partial charge in [0.05, 0.1) is 12.2 Å². The van der Waals surface area contributed by atoms with E-state index < -0.39 is 5.97 Å². The standard InChI is InChI=1S/C12H20N4O2/c1-14-6-3-11(13-14)9-15-4-2-5-16(8-7-15)10-12(17)18/h3,6H,2,4-5,7-10H2,1H3,(H,17,18). The SMILES string of the molecule is Cn1ccc(CN2CCCN(CC(=O)O)CC2)n1. The third kappa shape index (κ3) is 3.82. The Morgan fingerprint density at radius 1 is 1.33 bits per heavy atom. The molecule has 0 unspecified atom stereocenters. The number of aromatic nitrogens is 2. The Morgan fingerprint density at radius 2 is 2.06 bits per heavy atom. The summed E-state index contributed by atoms with van der Waals surface area (Å²) in [6.07, 6.45) is 2.96. The van der Waals surface area contributed by atoms with Crippen LogP contribution >= 0.6 is 0 Å². The molecule has 2 heterocycles. The molecule has 1 N–H and O–H groups in total. The molecule has 0 aromatic carbocycles. The molecular weight excluding hydrogens is 232 g/mol. The summed E-state index contributed by atoms with van der Waals surface area (Å²) in [5.74, 6) is -0.742. The van der Waals surface area contributed by atoms with Gasteiger partial charge >= 0.3 is 5.97 Å². The number of hydrogen-bond donors (Lipinski definition) is 1. The van der Waals surface area contributed by atoms with E-state index in [0.29, 0.717) is 0 Å². The fourth-order valence-corrected chi connectivity index (χ4v) is 2.31. The van der Waals surface area contributed by atoms with Crippen LogP contribution in [-0.4, -0.2) is 63.4 Å². The number of aliphatic carboxylic acids is 1. The highest BCUT2D eigenvalue weighted by atomic mass is 16.4. The molecule has 0 aliphatic carbocycles. The monoisotopic (exact) mass is 252 g/mol. The second-order valence-corrected chi connectivity index (χ2v) is 4.78. The van der Waals surface area contributed by atoms with Gasteiger partial charge in [-0.3, -0.25) is 19.3 Å². The van der Waals surface area contributed by atoms with E-state index in [4.69, 9.17) is 5.11 Å². The number of carboxylic acids is 1. The van der Waals surface area contributed by atoms with E-state index in [1.807, 2.05) is 28.9 Å². The Balaban J connectivity index is 1.83. The highest BCUT2D eigenvalue weighted by molar-refractivity contribution is 5.69. The number of rotatable bonds is 4. The van der Waals surface area contributed by atoms with Gasteiger partial charge in [-0.25, -0.2) is 0 Å². The molecule has 1 saturated heterocycles. The van der Waals surface area contributed by atoms with E-state index in [1.165, 1.54) is 0 Å². The molecular formula is C12H20N4O2. The minimum Gasteiger partial charge on any atom is -0.480 e. The first-order valence-electron chi connectivity index (χ1n) is 6.28. The molecule has 0 radical (unpaired) electrons. The minimum absolute atomic E-state index is 0.150. The third-order valence-corrected chi connectivity index (χ3v) is 3.19. The Hall–Kier alpha value is -1.40. The van der Waals surface area contributed by atoms with Gasteiger partial charge in [-0.2, -0.15) is 5.10 Å². The van der Waals surface area contributed by atoms with Crippen LogP contribution in [0.2, 0.25) is 0 Å². The van der Waals surface area contributed by atoms with Crippen molar-refractivity contribution in [1.29, 1.82) is 0 Å². The van der Waals surface area contributed by atoms with Gasteiger partial charge in [0.1, 0.15) is 0 Å². The molecule has 18 heavy (non-hydrogen) atoms. The molecule has 0 amide bonds. The lowest BCUT2D eigenvalue weighted by Gasteiger charge is -2.19. The fraction of sp³-hybridized carbons (Fsp3) is 0.667. The van der Waals surface area contributed by atoms with E-state index in [0.717, 1.165) is 44.8 Å². The van der Waals surface area contributed by atoms with E-state index in [2.05, 4.69) is 10.00 Å². The van der Waals surface area contributed by atoms with Crippen LogP contribution in [-0.2, 0) is 18.4 Å². The molecule has 0 saturated carbocycles. The Kier molecular flexibility index (Phi) is 4.33. The molecule has 1 aliphatic rings. The van der Waals surface area contributed by atoms with Crippen molar-refractivity contribution >= 4 is 5.97 Å². The first kappa shape index (κ1) is 13.0. The maximum atomic E-state index is 10.7. The van der Waals surface area contributed by atoms with Crippen LogP contribution in [0.4, 0.5) is 0 Å². The van der Waals surface area contributed by atoms with Crippen LogP contribution in [0.15, 0.2) is 12.3 Å². The molecule has 0 bridgehead atoms. The van der Waals surface area contributed by atoms with Gasteiger partial charge in [0.25, 0.3) is 0 Å². The van der Waals surface area contributed by atoms with E-state index in [1.54, 1.807) is 0 Å². The highest BCUT2D eigenvalue weighted by Gasteiger charge is 2.17. The first-order valence-corrected chi connectivity index (χ1v) is 6.28. The van der Waals surface area contributed by atoms with Crippen molar-refractivity contribution < 1.29 is 9.90 Å². The number of carbonyl (C=O) groups is 1. The highest BCUT2D eigenvalue weighted by Crippen LogP contribution is 2.07. The van der Waals surface area contributed by atoms with E-state index >= 15 is 0 Å². The summed E-state index contributed by atoms with van der Waals surface area (Å²) < 4.78 is 1.81. The molecule has 2 rings (SSSR count). The van der Waals surface area contributed by atoms with Crippen LogP contribution in [0.1, 0.15) is 12.1 Å². The number of carboxylic acid groups (broad SMARTS) is 1. The zero-order valence-electron chi connectivity index (χ0n) is 10.7. The average molecular weight is 252 g/mol. The van der Waals surface area contributed by atoms with Crippen molar-refractivity contribution in [1.82, 2.24) is 19.6 Å². The van der Waals surface area contributed by atoms with Gasteiger partial charge in [-0.1, -0.05) is 0 Å². The Bertz CT molecular complexity index is 405. The van der Waals surface area contributed by atoms with Crippen molar-refractivity contribution in [2.45, 2.75) is 13.0 Å². The summed E-state index contributed by atoms with van der Waals surface area (Å²) in [4.78, 5) is 15.0. The minimum atomic E-state index is -0.742. The largest absolute Gasteiger partial charge is 0.480 e.